The molecule has 104 valence electrons. The largest absolute Gasteiger partial charge is 0.507 e. The molecule has 1 fully saturated rings. The van der Waals surface area contributed by atoms with Crippen molar-refractivity contribution in [2.45, 2.75) is 37.8 Å². The Morgan fingerprint density at radius 3 is 2.74 bits per heavy atom. The molecular weight excluding hydrogens is 357 g/mol. The predicted molar refractivity (Wildman–Crippen MR) is 81.2 cm³/mol. The Hall–Kier alpha value is -0.820. The zero-order valence-corrected chi connectivity index (χ0v) is 13.0. The van der Waals surface area contributed by atoms with Gasteiger partial charge in [-0.25, -0.2) is 0 Å². The lowest BCUT2D eigenvalue weighted by Crippen LogP contribution is -2.46. The molecule has 0 spiro atoms. The van der Waals surface area contributed by atoms with Crippen LogP contribution >= 0.6 is 22.6 Å². The summed E-state index contributed by atoms with van der Waals surface area (Å²) < 4.78 is 0.899. The van der Waals surface area contributed by atoms with Crippen LogP contribution in [0.15, 0.2) is 18.2 Å². The van der Waals surface area contributed by atoms with Crippen LogP contribution in [0.3, 0.4) is 0 Å². The molecule has 0 aliphatic heterocycles. The van der Waals surface area contributed by atoms with Crippen molar-refractivity contribution in [1.82, 2.24) is 4.90 Å². The maximum absolute atomic E-state index is 12.4. The van der Waals surface area contributed by atoms with Crippen molar-refractivity contribution in [3.63, 3.8) is 0 Å². The van der Waals surface area contributed by atoms with Crippen LogP contribution in [-0.2, 0) is 0 Å². The second kappa shape index (κ2) is 6.09. The minimum absolute atomic E-state index is 0.0115. The first kappa shape index (κ1) is 14.6. The van der Waals surface area contributed by atoms with Gasteiger partial charge < -0.3 is 15.1 Å². The highest BCUT2D eigenvalue weighted by Crippen LogP contribution is 2.26. The summed E-state index contributed by atoms with van der Waals surface area (Å²) in [5.74, 6) is -0.246. The van der Waals surface area contributed by atoms with E-state index in [1.807, 2.05) is 0 Å². The number of benzene rings is 1. The fourth-order valence-corrected chi connectivity index (χ4v) is 3.05. The summed E-state index contributed by atoms with van der Waals surface area (Å²) in [6, 6.07) is 4.80. The van der Waals surface area contributed by atoms with Crippen molar-refractivity contribution in [2.75, 3.05) is 7.05 Å². The van der Waals surface area contributed by atoms with Gasteiger partial charge in [0.15, 0.2) is 0 Å². The highest BCUT2D eigenvalue weighted by Gasteiger charge is 2.30. The number of amides is 1. The summed E-state index contributed by atoms with van der Waals surface area (Å²) in [7, 11) is 1.70. The molecule has 19 heavy (non-hydrogen) atoms. The minimum Gasteiger partial charge on any atom is -0.507 e. The van der Waals surface area contributed by atoms with Crippen molar-refractivity contribution >= 4 is 28.5 Å². The molecule has 0 radical (unpaired) electrons. The van der Waals surface area contributed by atoms with E-state index in [2.05, 4.69) is 22.6 Å². The molecule has 1 aliphatic carbocycles. The number of hydrogen-bond donors (Lipinski definition) is 2. The fraction of sp³-hybridized carbons (Fsp3) is 0.500. The van der Waals surface area contributed by atoms with Crippen LogP contribution in [0.1, 0.15) is 36.0 Å². The van der Waals surface area contributed by atoms with E-state index in [4.69, 9.17) is 0 Å². The first-order valence-electron chi connectivity index (χ1n) is 6.44. The molecule has 1 aromatic rings. The zero-order valence-electron chi connectivity index (χ0n) is 10.8. The molecule has 2 unspecified atom stereocenters. The van der Waals surface area contributed by atoms with Crippen LogP contribution in [-0.4, -0.2) is 40.2 Å². The number of aliphatic hydroxyl groups excluding tert-OH is 1. The number of phenolic OH excluding ortho intramolecular Hbond substituents is 1. The van der Waals surface area contributed by atoms with Gasteiger partial charge in [-0.15, -0.1) is 0 Å². The summed E-state index contributed by atoms with van der Waals surface area (Å²) in [5.41, 5.74) is 0.298. The Morgan fingerprint density at radius 2 is 2.05 bits per heavy atom. The van der Waals surface area contributed by atoms with Crippen LogP contribution < -0.4 is 0 Å². The zero-order chi connectivity index (χ0) is 14.0. The van der Waals surface area contributed by atoms with Crippen molar-refractivity contribution < 1.29 is 15.0 Å². The summed E-state index contributed by atoms with van der Waals surface area (Å²) in [4.78, 5) is 14.0. The average Bonchev–Trinajstić information content (AvgIpc) is 2.40. The number of carbonyl (C=O) groups excluding carboxylic acids is 1. The highest BCUT2D eigenvalue weighted by atomic mass is 127. The minimum atomic E-state index is -0.465. The summed E-state index contributed by atoms with van der Waals surface area (Å²) >= 11 is 2.11. The Morgan fingerprint density at radius 1 is 1.37 bits per heavy atom. The molecule has 5 heteroatoms. The Bertz CT molecular complexity index is 478. The van der Waals surface area contributed by atoms with Crippen molar-refractivity contribution in [1.29, 1.82) is 0 Å². The predicted octanol–water partition coefficient (Wildman–Crippen LogP) is 2.37. The molecule has 2 N–H and O–H groups in total. The topological polar surface area (TPSA) is 60.8 Å². The number of nitrogens with zero attached hydrogens (tertiary/aromatic N) is 1. The molecule has 1 saturated carbocycles. The quantitative estimate of drug-likeness (QED) is 0.781. The monoisotopic (exact) mass is 375 g/mol. The lowest BCUT2D eigenvalue weighted by atomic mass is 9.91. The van der Waals surface area contributed by atoms with Crippen molar-refractivity contribution in [3.05, 3.63) is 27.3 Å². The van der Waals surface area contributed by atoms with E-state index in [0.717, 1.165) is 29.3 Å². The van der Waals surface area contributed by atoms with Crippen LogP contribution in [0.5, 0.6) is 5.75 Å². The number of phenols is 1. The fourth-order valence-electron chi connectivity index (χ4n) is 2.56. The average molecular weight is 375 g/mol. The van der Waals surface area contributed by atoms with Crippen LogP contribution in [0, 0.1) is 3.57 Å². The third kappa shape index (κ3) is 3.20. The SMILES string of the molecule is CN(C(=O)c1cc(I)ccc1O)C1CCCCC1O. The van der Waals surface area contributed by atoms with Gasteiger partial charge in [-0.3, -0.25) is 4.79 Å². The maximum atomic E-state index is 12.4. The first-order chi connectivity index (χ1) is 9.00. The number of carbonyl (C=O) groups is 1. The number of likely N-dealkylation sites (N-methyl/N-ethyl adjacent to an activating group) is 1. The van der Waals surface area contributed by atoms with E-state index >= 15 is 0 Å². The second-order valence-electron chi connectivity index (χ2n) is 5.00. The molecule has 1 aromatic carbocycles. The number of hydrogen-bond acceptors (Lipinski definition) is 3. The maximum Gasteiger partial charge on any atom is 0.257 e. The number of halogens is 1. The van der Waals surface area contributed by atoms with Crippen LogP contribution in [0.4, 0.5) is 0 Å². The van der Waals surface area contributed by atoms with Gasteiger partial charge in [-0.2, -0.15) is 0 Å². The summed E-state index contributed by atoms with van der Waals surface area (Å²) in [6.45, 7) is 0. The van der Waals surface area contributed by atoms with Gasteiger partial charge in [-0.1, -0.05) is 12.8 Å². The van der Waals surface area contributed by atoms with E-state index < -0.39 is 6.10 Å². The molecule has 0 heterocycles. The lowest BCUT2D eigenvalue weighted by molar-refractivity contribution is 0.0266. The molecule has 0 aromatic heterocycles. The van der Waals surface area contributed by atoms with Gasteiger partial charge in [0.05, 0.1) is 17.7 Å². The standard InChI is InChI=1S/C14H18INO3/c1-16(11-4-2-3-5-13(11)18)14(19)10-8-9(15)6-7-12(10)17/h6-8,11,13,17-18H,2-5H2,1H3. The lowest BCUT2D eigenvalue weighted by Gasteiger charge is -2.35. The molecule has 1 aliphatic rings. The smallest absolute Gasteiger partial charge is 0.257 e. The molecule has 2 atom stereocenters. The van der Waals surface area contributed by atoms with E-state index in [-0.39, 0.29) is 17.7 Å². The number of aromatic hydroxyl groups is 1. The number of rotatable bonds is 2. The molecular formula is C14H18INO3. The molecule has 0 saturated heterocycles. The van der Waals surface area contributed by atoms with Gasteiger partial charge in [0.1, 0.15) is 5.75 Å². The van der Waals surface area contributed by atoms with Gasteiger partial charge in [-0.05, 0) is 53.6 Å². The van der Waals surface area contributed by atoms with E-state index in [1.54, 1.807) is 24.1 Å². The first-order valence-corrected chi connectivity index (χ1v) is 7.52. The summed E-state index contributed by atoms with van der Waals surface area (Å²) in [6.07, 6.45) is 3.12. The van der Waals surface area contributed by atoms with Gasteiger partial charge in [0.25, 0.3) is 5.91 Å². The third-order valence-corrected chi connectivity index (χ3v) is 4.37. The van der Waals surface area contributed by atoms with E-state index in [1.165, 1.54) is 6.07 Å². The van der Waals surface area contributed by atoms with Crippen molar-refractivity contribution in [3.8, 4) is 5.75 Å². The highest BCUT2D eigenvalue weighted by molar-refractivity contribution is 14.1. The second-order valence-corrected chi connectivity index (χ2v) is 6.24. The number of aliphatic hydroxyl groups is 1. The Balaban J connectivity index is 2.20. The van der Waals surface area contributed by atoms with Crippen LogP contribution in [0.2, 0.25) is 0 Å². The van der Waals surface area contributed by atoms with Gasteiger partial charge in [0.2, 0.25) is 0 Å². The normalized spacial score (nSPS) is 23.1. The molecule has 1 amide bonds. The Labute approximate surface area is 126 Å². The van der Waals surface area contributed by atoms with Gasteiger partial charge in [0, 0.05) is 10.6 Å². The summed E-state index contributed by atoms with van der Waals surface area (Å²) in [5, 5.41) is 19.8. The molecule has 0 bridgehead atoms. The molecule has 2 rings (SSSR count). The van der Waals surface area contributed by atoms with Crippen molar-refractivity contribution in [2.24, 2.45) is 0 Å². The van der Waals surface area contributed by atoms with Gasteiger partial charge >= 0.3 is 0 Å². The van der Waals surface area contributed by atoms with E-state index in [9.17, 15) is 15.0 Å². The third-order valence-electron chi connectivity index (χ3n) is 3.70. The Kier molecular flexibility index (Phi) is 4.67. The van der Waals surface area contributed by atoms with Crippen LogP contribution in [0.25, 0.3) is 0 Å². The molecule has 4 nitrogen and oxygen atoms in total. The van der Waals surface area contributed by atoms with E-state index in [0.29, 0.717) is 5.56 Å².